The van der Waals surface area contributed by atoms with Crippen molar-refractivity contribution in [3.63, 3.8) is 0 Å². The molecule has 0 atom stereocenters. The summed E-state index contributed by atoms with van der Waals surface area (Å²) < 4.78 is 10.4. The molecule has 0 aromatic heterocycles. The monoisotopic (exact) mass is 414 g/mol. The summed E-state index contributed by atoms with van der Waals surface area (Å²) >= 11 is 6.12. The Morgan fingerprint density at radius 1 is 1.00 bits per heavy atom. The molecule has 2 aromatic rings. The van der Waals surface area contributed by atoms with Gasteiger partial charge in [-0.15, -0.1) is 0 Å². The van der Waals surface area contributed by atoms with Gasteiger partial charge in [0.15, 0.2) is 0 Å². The van der Waals surface area contributed by atoms with Crippen LogP contribution in [0.1, 0.15) is 16.7 Å². The number of hydrogen-bond acceptors (Lipinski definition) is 5. The number of anilines is 1. The fourth-order valence-corrected chi connectivity index (χ4v) is 3.33. The standard InChI is InChI=1S/C22H23ClN2O4/c1-13-5-6-15(11-14(13)2)19-20(22(27)25(21(19)26)9-10-28-3)24-17-12-16(23)7-8-18(17)29-4/h5-8,11-12,24H,9-10H2,1-4H3. The number of hydrogen-bond donors (Lipinski definition) is 1. The topological polar surface area (TPSA) is 67.9 Å². The lowest BCUT2D eigenvalue weighted by molar-refractivity contribution is -0.137. The third-order valence-electron chi connectivity index (χ3n) is 4.90. The van der Waals surface area contributed by atoms with Gasteiger partial charge >= 0.3 is 0 Å². The number of imide groups is 1. The van der Waals surface area contributed by atoms with Crippen molar-refractivity contribution in [1.82, 2.24) is 4.90 Å². The van der Waals surface area contributed by atoms with Crippen LogP contribution < -0.4 is 10.1 Å². The van der Waals surface area contributed by atoms with Crippen LogP contribution in [0.4, 0.5) is 5.69 Å². The van der Waals surface area contributed by atoms with Gasteiger partial charge < -0.3 is 14.8 Å². The Morgan fingerprint density at radius 3 is 2.41 bits per heavy atom. The van der Waals surface area contributed by atoms with E-state index in [1.165, 1.54) is 19.1 Å². The number of benzene rings is 2. The van der Waals surface area contributed by atoms with Gasteiger partial charge in [-0.1, -0.05) is 29.8 Å². The lowest BCUT2D eigenvalue weighted by Crippen LogP contribution is -2.35. The van der Waals surface area contributed by atoms with Gasteiger partial charge in [-0.3, -0.25) is 14.5 Å². The van der Waals surface area contributed by atoms with Crippen molar-refractivity contribution >= 4 is 34.7 Å². The number of methoxy groups -OCH3 is 2. The van der Waals surface area contributed by atoms with Crippen molar-refractivity contribution in [3.8, 4) is 5.75 Å². The Hall–Kier alpha value is -2.83. The Kier molecular flexibility index (Phi) is 6.25. The second-order valence-corrected chi connectivity index (χ2v) is 7.21. The summed E-state index contributed by atoms with van der Waals surface area (Å²) in [5.74, 6) is -0.266. The summed E-state index contributed by atoms with van der Waals surface area (Å²) in [4.78, 5) is 27.4. The van der Waals surface area contributed by atoms with Crippen LogP contribution in [0.15, 0.2) is 42.1 Å². The molecule has 1 aliphatic rings. The first-order valence-corrected chi connectivity index (χ1v) is 9.52. The summed E-state index contributed by atoms with van der Waals surface area (Å²) in [5, 5.41) is 3.57. The summed E-state index contributed by atoms with van der Waals surface area (Å²) in [6, 6.07) is 10.7. The van der Waals surface area contributed by atoms with Gasteiger partial charge in [-0.2, -0.15) is 0 Å². The highest BCUT2D eigenvalue weighted by Crippen LogP contribution is 2.35. The SMILES string of the molecule is COCCN1C(=O)C(Nc2cc(Cl)ccc2OC)=C(c2ccc(C)c(C)c2)C1=O. The predicted molar refractivity (Wildman–Crippen MR) is 113 cm³/mol. The Morgan fingerprint density at radius 2 is 1.76 bits per heavy atom. The maximum atomic E-state index is 13.1. The van der Waals surface area contributed by atoms with Gasteiger partial charge in [0, 0.05) is 12.1 Å². The number of nitrogens with zero attached hydrogens (tertiary/aromatic N) is 1. The minimum atomic E-state index is -0.415. The third-order valence-corrected chi connectivity index (χ3v) is 5.14. The van der Waals surface area contributed by atoms with Crippen LogP contribution in [0.3, 0.4) is 0 Å². The van der Waals surface area contributed by atoms with Crippen molar-refractivity contribution in [2.24, 2.45) is 0 Å². The average molecular weight is 415 g/mol. The fourth-order valence-electron chi connectivity index (χ4n) is 3.15. The van der Waals surface area contributed by atoms with E-state index in [0.717, 1.165) is 11.1 Å². The summed E-state index contributed by atoms with van der Waals surface area (Å²) in [5.41, 5.74) is 3.82. The van der Waals surface area contributed by atoms with Crippen molar-refractivity contribution in [2.75, 3.05) is 32.7 Å². The first-order chi connectivity index (χ1) is 13.9. The molecule has 1 N–H and O–H groups in total. The molecule has 0 bridgehead atoms. The van der Waals surface area contributed by atoms with Crippen molar-refractivity contribution in [2.45, 2.75) is 13.8 Å². The third kappa shape index (κ3) is 4.13. The van der Waals surface area contributed by atoms with E-state index in [1.54, 1.807) is 18.2 Å². The van der Waals surface area contributed by atoms with Gasteiger partial charge in [0.2, 0.25) is 0 Å². The zero-order valence-corrected chi connectivity index (χ0v) is 17.6. The summed E-state index contributed by atoms with van der Waals surface area (Å²) in [7, 11) is 3.05. The Labute approximate surface area is 175 Å². The summed E-state index contributed by atoms with van der Waals surface area (Å²) in [6.45, 7) is 4.39. The molecule has 0 fully saturated rings. The molecule has 0 saturated carbocycles. The fraction of sp³-hybridized carbons (Fsp3) is 0.273. The van der Waals surface area contributed by atoms with Crippen LogP contribution in [-0.4, -0.2) is 44.1 Å². The summed E-state index contributed by atoms with van der Waals surface area (Å²) in [6.07, 6.45) is 0. The number of aryl methyl sites for hydroxylation is 2. The molecule has 0 aliphatic carbocycles. The van der Waals surface area contributed by atoms with Crippen molar-refractivity contribution < 1.29 is 19.1 Å². The number of amides is 2. The van der Waals surface area contributed by atoms with Gasteiger partial charge in [0.05, 0.1) is 31.5 Å². The number of carbonyl (C=O) groups excluding carboxylic acids is 2. The number of nitrogens with one attached hydrogen (secondary N) is 1. The Bertz CT molecular complexity index is 1000. The van der Waals surface area contributed by atoms with Gasteiger partial charge in [-0.25, -0.2) is 0 Å². The smallest absolute Gasteiger partial charge is 0.278 e. The molecule has 2 aromatic carbocycles. The molecule has 7 heteroatoms. The molecule has 1 aliphatic heterocycles. The molecule has 1 heterocycles. The lowest BCUT2D eigenvalue weighted by Gasteiger charge is -2.15. The molecule has 3 rings (SSSR count). The van der Waals surface area contributed by atoms with Gasteiger partial charge in [-0.05, 0) is 48.7 Å². The molecule has 0 spiro atoms. The highest BCUT2D eigenvalue weighted by atomic mass is 35.5. The molecule has 29 heavy (non-hydrogen) atoms. The predicted octanol–water partition coefficient (Wildman–Crippen LogP) is 3.80. The normalized spacial score (nSPS) is 14.0. The van der Waals surface area contributed by atoms with E-state index >= 15 is 0 Å². The average Bonchev–Trinajstić information content (AvgIpc) is 2.92. The van der Waals surface area contributed by atoms with Gasteiger partial charge in [0.1, 0.15) is 11.4 Å². The van der Waals surface area contributed by atoms with E-state index in [4.69, 9.17) is 21.1 Å². The van der Waals surface area contributed by atoms with Crippen molar-refractivity contribution in [1.29, 1.82) is 0 Å². The van der Waals surface area contributed by atoms with Crippen LogP contribution in [0.25, 0.3) is 5.57 Å². The molecular weight excluding hydrogens is 392 g/mol. The zero-order chi connectivity index (χ0) is 21.1. The number of carbonyl (C=O) groups is 2. The molecule has 6 nitrogen and oxygen atoms in total. The number of ether oxygens (including phenoxy) is 2. The highest BCUT2D eigenvalue weighted by molar-refractivity contribution is 6.36. The first-order valence-electron chi connectivity index (χ1n) is 9.15. The van der Waals surface area contributed by atoms with Gasteiger partial charge in [0.25, 0.3) is 11.8 Å². The van der Waals surface area contributed by atoms with Crippen LogP contribution in [0.2, 0.25) is 5.02 Å². The van der Waals surface area contributed by atoms with E-state index in [0.29, 0.717) is 27.6 Å². The van der Waals surface area contributed by atoms with Crippen LogP contribution in [-0.2, 0) is 14.3 Å². The quantitative estimate of drug-likeness (QED) is 0.698. The minimum Gasteiger partial charge on any atom is -0.495 e. The van der Waals surface area contributed by atoms with E-state index in [9.17, 15) is 9.59 Å². The molecule has 0 saturated heterocycles. The number of halogens is 1. The van der Waals surface area contributed by atoms with E-state index in [-0.39, 0.29) is 24.8 Å². The zero-order valence-electron chi connectivity index (χ0n) is 16.8. The maximum absolute atomic E-state index is 13.1. The Balaban J connectivity index is 2.12. The molecular formula is C22H23ClN2O4. The lowest BCUT2D eigenvalue weighted by atomic mass is 9.99. The maximum Gasteiger partial charge on any atom is 0.278 e. The second-order valence-electron chi connectivity index (χ2n) is 6.77. The second kappa shape index (κ2) is 8.68. The van der Waals surface area contributed by atoms with Crippen LogP contribution in [0.5, 0.6) is 5.75 Å². The van der Waals surface area contributed by atoms with E-state index in [1.807, 2.05) is 32.0 Å². The number of rotatable bonds is 7. The van der Waals surface area contributed by atoms with E-state index in [2.05, 4.69) is 5.32 Å². The minimum absolute atomic E-state index is 0.167. The molecule has 152 valence electrons. The largest absolute Gasteiger partial charge is 0.495 e. The highest BCUT2D eigenvalue weighted by Gasteiger charge is 2.39. The van der Waals surface area contributed by atoms with Crippen LogP contribution >= 0.6 is 11.6 Å². The molecule has 0 unspecified atom stereocenters. The first kappa shape index (κ1) is 20.9. The van der Waals surface area contributed by atoms with E-state index < -0.39 is 5.91 Å². The van der Waals surface area contributed by atoms with Crippen molar-refractivity contribution in [3.05, 3.63) is 63.8 Å². The molecule has 2 amide bonds. The van der Waals surface area contributed by atoms with Crippen LogP contribution in [0, 0.1) is 13.8 Å². The molecule has 0 radical (unpaired) electrons.